The summed E-state index contributed by atoms with van der Waals surface area (Å²) in [5.74, 6) is 1.58. The van der Waals surface area contributed by atoms with Crippen molar-refractivity contribution in [1.29, 1.82) is 0 Å². The van der Waals surface area contributed by atoms with E-state index in [1.807, 2.05) is 11.8 Å². The molecule has 3 rings (SSSR count). The Morgan fingerprint density at radius 3 is 2.88 bits per heavy atom. The molecule has 1 N–H and O–H groups in total. The SMILES string of the molecule is Cc1nccc(N2CCOCC(O)(COc3ccc(F)cc3)C2)n1. The van der Waals surface area contributed by atoms with Gasteiger partial charge in [0.25, 0.3) is 0 Å². The maximum Gasteiger partial charge on any atom is 0.139 e. The van der Waals surface area contributed by atoms with Gasteiger partial charge in [-0.05, 0) is 37.3 Å². The predicted molar refractivity (Wildman–Crippen MR) is 86.6 cm³/mol. The molecule has 6 nitrogen and oxygen atoms in total. The lowest BCUT2D eigenvalue weighted by molar-refractivity contribution is -0.0536. The smallest absolute Gasteiger partial charge is 0.139 e. The van der Waals surface area contributed by atoms with E-state index in [0.29, 0.717) is 31.3 Å². The lowest BCUT2D eigenvalue weighted by Gasteiger charge is -2.31. The standard InChI is InChI=1S/C17H20FN3O3/c1-13-19-7-6-16(20-13)21-8-9-23-11-17(22,10-21)12-24-15-4-2-14(18)3-5-15/h2-7,22H,8-12H2,1H3. The van der Waals surface area contributed by atoms with Crippen LogP contribution in [-0.2, 0) is 4.74 Å². The van der Waals surface area contributed by atoms with Gasteiger partial charge in [-0.3, -0.25) is 0 Å². The van der Waals surface area contributed by atoms with Crippen molar-refractivity contribution in [1.82, 2.24) is 9.97 Å². The fourth-order valence-corrected chi connectivity index (χ4v) is 2.57. The van der Waals surface area contributed by atoms with Gasteiger partial charge in [0.05, 0.1) is 19.8 Å². The summed E-state index contributed by atoms with van der Waals surface area (Å²) in [5.41, 5.74) is -1.19. The normalized spacial score (nSPS) is 21.4. The highest BCUT2D eigenvalue weighted by Gasteiger charge is 2.34. The van der Waals surface area contributed by atoms with Crippen LogP contribution in [-0.4, -0.2) is 53.6 Å². The zero-order valence-electron chi connectivity index (χ0n) is 13.5. The predicted octanol–water partition coefficient (Wildman–Crippen LogP) is 1.57. The van der Waals surface area contributed by atoms with Crippen LogP contribution in [0.4, 0.5) is 10.2 Å². The number of hydrogen-bond acceptors (Lipinski definition) is 6. The first-order valence-corrected chi connectivity index (χ1v) is 7.77. The van der Waals surface area contributed by atoms with E-state index in [4.69, 9.17) is 9.47 Å². The molecule has 1 fully saturated rings. The Labute approximate surface area is 139 Å². The molecule has 1 aliphatic rings. The average molecular weight is 333 g/mol. The number of β-amino-alcohol motifs (C(OH)–C–C–N with tert-alkyl or cyclic N) is 1. The van der Waals surface area contributed by atoms with E-state index >= 15 is 0 Å². The molecule has 24 heavy (non-hydrogen) atoms. The van der Waals surface area contributed by atoms with Crippen LogP contribution in [0.1, 0.15) is 5.82 Å². The van der Waals surface area contributed by atoms with Crippen molar-refractivity contribution in [2.45, 2.75) is 12.5 Å². The molecule has 2 heterocycles. The summed E-state index contributed by atoms with van der Waals surface area (Å²) >= 11 is 0. The van der Waals surface area contributed by atoms with Crippen LogP contribution in [0.25, 0.3) is 0 Å². The molecule has 0 radical (unpaired) electrons. The third-order valence-electron chi connectivity index (χ3n) is 3.77. The Morgan fingerprint density at radius 2 is 2.12 bits per heavy atom. The molecule has 1 saturated heterocycles. The molecule has 1 aliphatic heterocycles. The summed E-state index contributed by atoms with van der Waals surface area (Å²) in [6.07, 6.45) is 1.69. The monoisotopic (exact) mass is 333 g/mol. The van der Waals surface area contributed by atoms with Gasteiger partial charge < -0.3 is 19.5 Å². The summed E-state index contributed by atoms with van der Waals surface area (Å²) < 4.78 is 24.1. The molecule has 0 bridgehead atoms. The second kappa shape index (κ2) is 7.11. The molecule has 1 unspecified atom stereocenters. The quantitative estimate of drug-likeness (QED) is 0.916. The van der Waals surface area contributed by atoms with E-state index in [2.05, 4.69) is 9.97 Å². The molecule has 0 amide bonds. The zero-order valence-corrected chi connectivity index (χ0v) is 13.5. The third-order valence-corrected chi connectivity index (χ3v) is 3.77. The Balaban J connectivity index is 1.69. The fraction of sp³-hybridized carbons (Fsp3) is 0.412. The Kier molecular flexibility index (Phi) is 4.92. The molecule has 1 atom stereocenters. The van der Waals surface area contributed by atoms with Gasteiger partial charge in [0.1, 0.15) is 35.4 Å². The minimum Gasteiger partial charge on any atom is -0.490 e. The maximum atomic E-state index is 12.9. The van der Waals surface area contributed by atoms with Crippen LogP contribution in [0.3, 0.4) is 0 Å². The first-order chi connectivity index (χ1) is 11.5. The summed E-state index contributed by atoms with van der Waals surface area (Å²) in [4.78, 5) is 10.4. The number of ether oxygens (including phenoxy) is 2. The number of aryl methyl sites for hydroxylation is 1. The fourth-order valence-electron chi connectivity index (χ4n) is 2.57. The molecular weight excluding hydrogens is 313 g/mol. The maximum absolute atomic E-state index is 12.9. The number of hydrogen-bond donors (Lipinski definition) is 1. The van der Waals surface area contributed by atoms with Crippen LogP contribution in [0.5, 0.6) is 5.75 Å². The zero-order chi connectivity index (χ0) is 17.0. The van der Waals surface area contributed by atoms with Gasteiger partial charge in [-0.25, -0.2) is 14.4 Å². The molecule has 1 aromatic carbocycles. The summed E-state index contributed by atoms with van der Waals surface area (Å²) in [6, 6.07) is 7.50. The van der Waals surface area contributed by atoms with E-state index in [0.717, 1.165) is 5.82 Å². The van der Waals surface area contributed by atoms with Crippen molar-refractivity contribution >= 4 is 5.82 Å². The van der Waals surface area contributed by atoms with Gasteiger partial charge in [0.2, 0.25) is 0 Å². The van der Waals surface area contributed by atoms with Crippen LogP contribution in [0.15, 0.2) is 36.5 Å². The van der Waals surface area contributed by atoms with Gasteiger partial charge >= 0.3 is 0 Å². The van der Waals surface area contributed by atoms with Crippen molar-refractivity contribution in [3.05, 3.63) is 48.2 Å². The minimum absolute atomic E-state index is 0.0409. The molecule has 1 aromatic heterocycles. The van der Waals surface area contributed by atoms with Gasteiger partial charge in [-0.2, -0.15) is 0 Å². The van der Waals surface area contributed by atoms with Gasteiger partial charge in [0, 0.05) is 12.7 Å². The van der Waals surface area contributed by atoms with Crippen molar-refractivity contribution < 1.29 is 19.0 Å². The molecular formula is C17H20FN3O3. The third kappa shape index (κ3) is 4.18. The van der Waals surface area contributed by atoms with Crippen molar-refractivity contribution in [2.75, 3.05) is 37.8 Å². The lowest BCUT2D eigenvalue weighted by atomic mass is 10.1. The first kappa shape index (κ1) is 16.6. The van der Waals surface area contributed by atoms with Crippen molar-refractivity contribution in [3.63, 3.8) is 0 Å². The van der Waals surface area contributed by atoms with E-state index < -0.39 is 5.60 Å². The largest absolute Gasteiger partial charge is 0.490 e. The number of anilines is 1. The van der Waals surface area contributed by atoms with E-state index in [1.165, 1.54) is 24.3 Å². The number of nitrogens with zero attached hydrogens (tertiary/aromatic N) is 3. The van der Waals surface area contributed by atoms with E-state index in [9.17, 15) is 9.50 Å². The molecule has 0 spiro atoms. The topological polar surface area (TPSA) is 67.7 Å². The number of rotatable bonds is 4. The van der Waals surface area contributed by atoms with E-state index in [1.54, 1.807) is 12.3 Å². The number of aliphatic hydroxyl groups is 1. The van der Waals surface area contributed by atoms with E-state index in [-0.39, 0.29) is 19.0 Å². The summed E-state index contributed by atoms with van der Waals surface area (Å²) in [6.45, 7) is 3.46. The number of aromatic nitrogens is 2. The molecule has 0 saturated carbocycles. The Hall–Kier alpha value is -2.25. The molecule has 128 valence electrons. The molecule has 2 aromatic rings. The highest BCUT2D eigenvalue weighted by atomic mass is 19.1. The molecule has 7 heteroatoms. The van der Waals surface area contributed by atoms with Crippen LogP contribution < -0.4 is 9.64 Å². The highest BCUT2D eigenvalue weighted by Crippen LogP contribution is 2.20. The Morgan fingerprint density at radius 1 is 1.33 bits per heavy atom. The van der Waals surface area contributed by atoms with Gasteiger partial charge in [-0.1, -0.05) is 0 Å². The summed E-state index contributed by atoms with van der Waals surface area (Å²) in [7, 11) is 0. The second-order valence-corrected chi connectivity index (χ2v) is 5.90. The lowest BCUT2D eigenvalue weighted by Crippen LogP contribution is -2.49. The minimum atomic E-state index is -1.19. The van der Waals surface area contributed by atoms with Crippen LogP contribution in [0, 0.1) is 12.7 Å². The average Bonchev–Trinajstić information content (AvgIpc) is 2.77. The van der Waals surface area contributed by atoms with Gasteiger partial charge in [0.15, 0.2) is 0 Å². The molecule has 0 aliphatic carbocycles. The van der Waals surface area contributed by atoms with Crippen molar-refractivity contribution in [3.8, 4) is 5.75 Å². The summed E-state index contributed by atoms with van der Waals surface area (Å²) in [5, 5.41) is 10.9. The second-order valence-electron chi connectivity index (χ2n) is 5.90. The number of halogens is 1. The highest BCUT2D eigenvalue weighted by molar-refractivity contribution is 5.38. The van der Waals surface area contributed by atoms with Crippen molar-refractivity contribution in [2.24, 2.45) is 0 Å². The van der Waals surface area contributed by atoms with Crippen LogP contribution >= 0.6 is 0 Å². The Bertz CT molecular complexity index is 683. The number of benzene rings is 1. The first-order valence-electron chi connectivity index (χ1n) is 7.77. The van der Waals surface area contributed by atoms with Gasteiger partial charge in [-0.15, -0.1) is 0 Å². The van der Waals surface area contributed by atoms with Crippen LogP contribution in [0.2, 0.25) is 0 Å².